The first-order valence-electron chi connectivity index (χ1n) is 7.46. The molecule has 1 unspecified atom stereocenters. The average Bonchev–Trinajstić information content (AvgIpc) is 2.46. The monoisotopic (exact) mass is 264 g/mol. The minimum Gasteiger partial charge on any atom is -0.103 e. The lowest BCUT2D eigenvalue weighted by Gasteiger charge is -2.09. The van der Waals surface area contributed by atoms with Crippen molar-refractivity contribution in [1.29, 1.82) is 0 Å². The first-order chi connectivity index (χ1) is 9.69. The Morgan fingerprint density at radius 2 is 1.80 bits per heavy atom. The molecule has 0 saturated carbocycles. The molecule has 0 aliphatic heterocycles. The average molecular weight is 264 g/mol. The molecular formula is C20H24. The van der Waals surface area contributed by atoms with Crippen molar-refractivity contribution in [3.63, 3.8) is 0 Å². The quantitative estimate of drug-likeness (QED) is 0.578. The summed E-state index contributed by atoms with van der Waals surface area (Å²) in [5.41, 5.74) is 5.34. The molecular weight excluding hydrogens is 240 g/mol. The maximum atomic E-state index is 3.81. The largest absolute Gasteiger partial charge is 0.103 e. The Morgan fingerprint density at radius 1 is 1.05 bits per heavy atom. The maximum Gasteiger partial charge on any atom is -0.0181 e. The summed E-state index contributed by atoms with van der Waals surface area (Å²) >= 11 is 0. The van der Waals surface area contributed by atoms with E-state index in [2.05, 4.69) is 69.0 Å². The molecule has 0 aromatic heterocycles. The van der Waals surface area contributed by atoms with Crippen LogP contribution in [0.1, 0.15) is 30.9 Å². The summed E-state index contributed by atoms with van der Waals surface area (Å²) in [6.07, 6.45) is 5.52. The number of rotatable bonds is 6. The van der Waals surface area contributed by atoms with Crippen LogP contribution < -0.4 is 0 Å². The van der Waals surface area contributed by atoms with Crippen molar-refractivity contribution in [2.24, 2.45) is 5.92 Å². The second kappa shape index (κ2) is 7.09. The van der Waals surface area contributed by atoms with E-state index < -0.39 is 0 Å². The van der Waals surface area contributed by atoms with Gasteiger partial charge in [-0.25, -0.2) is 0 Å². The van der Waals surface area contributed by atoms with E-state index in [0.29, 0.717) is 0 Å². The van der Waals surface area contributed by atoms with Crippen molar-refractivity contribution in [2.45, 2.75) is 33.1 Å². The van der Waals surface area contributed by atoms with Crippen LogP contribution in [0, 0.1) is 12.8 Å². The van der Waals surface area contributed by atoms with Crippen LogP contribution in [0.15, 0.2) is 61.2 Å². The molecule has 0 saturated heterocycles. The van der Waals surface area contributed by atoms with E-state index in [-0.39, 0.29) is 0 Å². The molecule has 0 nitrogen and oxygen atoms in total. The summed E-state index contributed by atoms with van der Waals surface area (Å²) in [5, 5.41) is 0. The lowest BCUT2D eigenvalue weighted by atomic mass is 9.96. The summed E-state index contributed by atoms with van der Waals surface area (Å²) < 4.78 is 0. The molecule has 2 aromatic carbocycles. The Labute approximate surface area is 123 Å². The van der Waals surface area contributed by atoms with Crippen molar-refractivity contribution in [3.05, 3.63) is 72.3 Å². The fraction of sp³-hybridized carbons (Fsp3) is 0.300. The zero-order chi connectivity index (χ0) is 14.4. The van der Waals surface area contributed by atoms with Crippen LogP contribution >= 0.6 is 0 Å². The van der Waals surface area contributed by atoms with E-state index in [1.807, 2.05) is 6.08 Å². The number of aryl methyl sites for hydroxylation is 2. The Morgan fingerprint density at radius 3 is 2.45 bits per heavy atom. The van der Waals surface area contributed by atoms with Gasteiger partial charge in [0.1, 0.15) is 0 Å². The van der Waals surface area contributed by atoms with Gasteiger partial charge in [0.2, 0.25) is 0 Å². The summed E-state index contributed by atoms with van der Waals surface area (Å²) in [6, 6.07) is 17.7. The predicted molar refractivity (Wildman–Crippen MR) is 88.9 cm³/mol. The van der Waals surface area contributed by atoms with Gasteiger partial charge < -0.3 is 0 Å². The summed E-state index contributed by atoms with van der Waals surface area (Å²) in [4.78, 5) is 0. The fourth-order valence-corrected chi connectivity index (χ4v) is 2.50. The van der Waals surface area contributed by atoms with Crippen molar-refractivity contribution in [1.82, 2.24) is 0 Å². The Balaban J connectivity index is 2.01. The third-order valence-electron chi connectivity index (χ3n) is 3.80. The SMILES string of the molecule is C=CCC(C)CCc1ccc(-c2cccc(C)c2)cc1. The number of allylic oxidation sites excluding steroid dienone is 1. The van der Waals surface area contributed by atoms with E-state index in [1.54, 1.807) is 0 Å². The normalized spacial score (nSPS) is 12.1. The van der Waals surface area contributed by atoms with Crippen LogP contribution in [0.4, 0.5) is 0 Å². The second-order valence-corrected chi connectivity index (χ2v) is 5.73. The minimum atomic E-state index is 0.726. The first kappa shape index (κ1) is 14.6. The number of hydrogen-bond acceptors (Lipinski definition) is 0. The summed E-state index contributed by atoms with van der Waals surface area (Å²) in [7, 11) is 0. The van der Waals surface area contributed by atoms with E-state index in [9.17, 15) is 0 Å². The van der Waals surface area contributed by atoms with Gasteiger partial charge in [-0.3, -0.25) is 0 Å². The molecule has 0 aliphatic rings. The van der Waals surface area contributed by atoms with E-state index >= 15 is 0 Å². The molecule has 2 rings (SSSR count). The van der Waals surface area contributed by atoms with Crippen LogP contribution in [0.25, 0.3) is 11.1 Å². The smallest absolute Gasteiger partial charge is 0.0181 e. The number of hydrogen-bond donors (Lipinski definition) is 0. The van der Waals surface area contributed by atoms with Gasteiger partial charge in [0.15, 0.2) is 0 Å². The Kier molecular flexibility index (Phi) is 5.17. The van der Waals surface area contributed by atoms with Crippen molar-refractivity contribution in [3.8, 4) is 11.1 Å². The molecule has 0 spiro atoms. The molecule has 0 heterocycles. The van der Waals surface area contributed by atoms with Crippen LogP contribution in [-0.4, -0.2) is 0 Å². The van der Waals surface area contributed by atoms with Gasteiger partial charge in [-0.2, -0.15) is 0 Å². The molecule has 0 amide bonds. The summed E-state index contributed by atoms with van der Waals surface area (Å²) in [6.45, 7) is 8.24. The van der Waals surface area contributed by atoms with Crippen LogP contribution in [-0.2, 0) is 6.42 Å². The van der Waals surface area contributed by atoms with Gasteiger partial charge in [0, 0.05) is 0 Å². The van der Waals surface area contributed by atoms with Gasteiger partial charge in [-0.05, 0) is 48.8 Å². The first-order valence-corrected chi connectivity index (χ1v) is 7.46. The molecule has 0 heteroatoms. The predicted octanol–water partition coefficient (Wildman–Crippen LogP) is 5.81. The molecule has 104 valence electrons. The highest BCUT2D eigenvalue weighted by Gasteiger charge is 2.02. The Bertz CT molecular complexity index is 549. The molecule has 1 atom stereocenters. The molecule has 2 aromatic rings. The Hall–Kier alpha value is -1.82. The van der Waals surface area contributed by atoms with Crippen molar-refractivity contribution >= 4 is 0 Å². The number of benzene rings is 2. The third-order valence-corrected chi connectivity index (χ3v) is 3.80. The van der Waals surface area contributed by atoms with Gasteiger partial charge in [0.25, 0.3) is 0 Å². The van der Waals surface area contributed by atoms with E-state index in [4.69, 9.17) is 0 Å². The van der Waals surface area contributed by atoms with Crippen molar-refractivity contribution in [2.75, 3.05) is 0 Å². The highest BCUT2D eigenvalue weighted by atomic mass is 14.1. The van der Waals surface area contributed by atoms with Crippen LogP contribution in [0.3, 0.4) is 0 Å². The van der Waals surface area contributed by atoms with Gasteiger partial charge in [-0.15, -0.1) is 6.58 Å². The lowest BCUT2D eigenvalue weighted by Crippen LogP contribution is -1.95. The van der Waals surface area contributed by atoms with Gasteiger partial charge in [0.05, 0.1) is 0 Å². The van der Waals surface area contributed by atoms with Gasteiger partial charge in [-0.1, -0.05) is 67.1 Å². The van der Waals surface area contributed by atoms with E-state index in [0.717, 1.165) is 18.8 Å². The van der Waals surface area contributed by atoms with Crippen LogP contribution in [0.2, 0.25) is 0 Å². The lowest BCUT2D eigenvalue weighted by molar-refractivity contribution is 0.541. The molecule has 0 bridgehead atoms. The molecule has 0 aliphatic carbocycles. The molecule has 0 fully saturated rings. The van der Waals surface area contributed by atoms with Gasteiger partial charge >= 0.3 is 0 Å². The molecule has 0 radical (unpaired) electrons. The maximum absolute atomic E-state index is 3.81. The zero-order valence-corrected chi connectivity index (χ0v) is 12.6. The molecule has 0 N–H and O–H groups in total. The minimum absolute atomic E-state index is 0.726. The zero-order valence-electron chi connectivity index (χ0n) is 12.6. The van der Waals surface area contributed by atoms with E-state index in [1.165, 1.54) is 28.7 Å². The topological polar surface area (TPSA) is 0 Å². The highest BCUT2D eigenvalue weighted by molar-refractivity contribution is 5.64. The van der Waals surface area contributed by atoms with Crippen LogP contribution in [0.5, 0.6) is 0 Å². The highest BCUT2D eigenvalue weighted by Crippen LogP contribution is 2.22. The third kappa shape index (κ3) is 4.09. The van der Waals surface area contributed by atoms with Crippen molar-refractivity contribution < 1.29 is 0 Å². The molecule has 20 heavy (non-hydrogen) atoms. The fourth-order valence-electron chi connectivity index (χ4n) is 2.50. The second-order valence-electron chi connectivity index (χ2n) is 5.73. The summed E-state index contributed by atoms with van der Waals surface area (Å²) in [5.74, 6) is 0.726. The standard InChI is InChI=1S/C20H24/c1-4-6-16(2)9-10-18-11-13-19(14-12-18)20-8-5-7-17(3)15-20/h4-5,7-8,11-16H,1,6,9-10H2,2-3H3.